The molecule has 1 aromatic heterocycles. The first-order valence-corrected chi connectivity index (χ1v) is 8.53. The highest BCUT2D eigenvalue weighted by molar-refractivity contribution is 5.92. The van der Waals surface area contributed by atoms with Crippen molar-refractivity contribution in [2.24, 2.45) is 0 Å². The first-order valence-electron chi connectivity index (χ1n) is 8.53. The van der Waals surface area contributed by atoms with Crippen LogP contribution in [-0.2, 0) is 11.3 Å². The number of aliphatic hydroxyl groups excluding tert-OH is 1. The van der Waals surface area contributed by atoms with Gasteiger partial charge < -0.3 is 14.7 Å². The molecule has 2 aromatic rings. The zero-order valence-corrected chi connectivity index (χ0v) is 14.2. The molecule has 1 saturated heterocycles. The fourth-order valence-corrected chi connectivity index (χ4v) is 2.95. The number of hydrogen-bond acceptors (Lipinski definition) is 5. The van der Waals surface area contributed by atoms with Gasteiger partial charge in [0.1, 0.15) is 5.69 Å². The van der Waals surface area contributed by atoms with Gasteiger partial charge in [-0.25, -0.2) is 0 Å². The van der Waals surface area contributed by atoms with E-state index in [1.165, 1.54) is 0 Å². The van der Waals surface area contributed by atoms with Crippen molar-refractivity contribution in [1.29, 1.82) is 0 Å². The summed E-state index contributed by atoms with van der Waals surface area (Å²) in [5.74, 6) is -0.126. The maximum absolute atomic E-state index is 12.4. The van der Waals surface area contributed by atoms with Gasteiger partial charge in [0, 0.05) is 38.9 Å². The number of carbonyl (C=O) groups is 1. The number of H-pyrrole nitrogens is 1. The van der Waals surface area contributed by atoms with Gasteiger partial charge in [0.05, 0.1) is 19.3 Å². The predicted octanol–water partition coefficient (Wildman–Crippen LogP) is 0.745. The Morgan fingerprint density at radius 2 is 2.08 bits per heavy atom. The van der Waals surface area contributed by atoms with Crippen molar-refractivity contribution >= 4 is 5.91 Å². The van der Waals surface area contributed by atoms with E-state index in [-0.39, 0.29) is 5.91 Å². The van der Waals surface area contributed by atoms with E-state index in [0.29, 0.717) is 45.1 Å². The van der Waals surface area contributed by atoms with Crippen LogP contribution in [0.2, 0.25) is 0 Å². The van der Waals surface area contributed by atoms with Gasteiger partial charge in [-0.15, -0.1) is 0 Å². The second-order valence-electron chi connectivity index (χ2n) is 6.21. The number of amides is 1. The van der Waals surface area contributed by atoms with Gasteiger partial charge in [0.25, 0.3) is 5.91 Å². The van der Waals surface area contributed by atoms with E-state index in [4.69, 9.17) is 4.74 Å². The van der Waals surface area contributed by atoms with Gasteiger partial charge >= 0.3 is 0 Å². The van der Waals surface area contributed by atoms with Gasteiger partial charge in [-0.3, -0.25) is 14.8 Å². The summed E-state index contributed by atoms with van der Waals surface area (Å²) < 4.78 is 5.71. The first kappa shape index (κ1) is 17.6. The van der Waals surface area contributed by atoms with E-state index in [1.54, 1.807) is 17.2 Å². The average molecular weight is 344 g/mol. The summed E-state index contributed by atoms with van der Waals surface area (Å²) in [6, 6.07) is 11.7. The van der Waals surface area contributed by atoms with E-state index in [9.17, 15) is 9.90 Å². The molecule has 0 bridgehead atoms. The summed E-state index contributed by atoms with van der Waals surface area (Å²) in [6.45, 7) is 4.08. The van der Waals surface area contributed by atoms with E-state index >= 15 is 0 Å². The largest absolute Gasteiger partial charge is 0.390 e. The monoisotopic (exact) mass is 344 g/mol. The number of β-amino-alcohol motifs (C(OH)–C–C–N with tert-alkyl or cyclic N) is 1. The minimum Gasteiger partial charge on any atom is -0.390 e. The summed E-state index contributed by atoms with van der Waals surface area (Å²) in [5.41, 5.74) is 1.60. The number of benzene rings is 1. The predicted molar refractivity (Wildman–Crippen MR) is 93.0 cm³/mol. The Balaban J connectivity index is 1.44. The second kappa shape index (κ2) is 8.75. The summed E-state index contributed by atoms with van der Waals surface area (Å²) in [4.78, 5) is 16.2. The lowest BCUT2D eigenvalue weighted by atomic mass is 10.2. The summed E-state index contributed by atoms with van der Waals surface area (Å²) in [7, 11) is 0. The Hall–Kier alpha value is -2.22. The molecule has 0 radical (unpaired) electrons. The van der Waals surface area contributed by atoms with Gasteiger partial charge in [-0.2, -0.15) is 5.10 Å². The number of carbonyl (C=O) groups excluding carboxylic acids is 1. The Morgan fingerprint density at radius 3 is 2.84 bits per heavy atom. The molecular weight excluding hydrogens is 320 g/mol. The highest BCUT2D eigenvalue weighted by atomic mass is 16.5. The third kappa shape index (κ3) is 5.12. The minimum atomic E-state index is -0.566. The molecule has 3 rings (SSSR count). The molecule has 7 nitrogen and oxygen atoms in total. The first-order chi connectivity index (χ1) is 12.2. The van der Waals surface area contributed by atoms with Crippen LogP contribution >= 0.6 is 0 Å². The highest BCUT2D eigenvalue weighted by Gasteiger charge is 2.25. The van der Waals surface area contributed by atoms with E-state index in [2.05, 4.69) is 15.1 Å². The van der Waals surface area contributed by atoms with Crippen LogP contribution in [0.3, 0.4) is 0 Å². The van der Waals surface area contributed by atoms with Crippen LogP contribution in [-0.4, -0.2) is 76.4 Å². The number of aromatic amines is 1. The molecule has 7 heteroatoms. The molecule has 1 aliphatic heterocycles. The van der Waals surface area contributed by atoms with Crippen molar-refractivity contribution in [2.75, 3.05) is 39.3 Å². The van der Waals surface area contributed by atoms with Crippen LogP contribution in [0.15, 0.2) is 42.6 Å². The van der Waals surface area contributed by atoms with Crippen molar-refractivity contribution in [1.82, 2.24) is 20.0 Å². The van der Waals surface area contributed by atoms with Crippen molar-refractivity contribution < 1.29 is 14.6 Å². The maximum Gasteiger partial charge on any atom is 0.271 e. The van der Waals surface area contributed by atoms with Crippen molar-refractivity contribution in [3.05, 3.63) is 53.9 Å². The number of nitrogens with one attached hydrogen (secondary N) is 1. The van der Waals surface area contributed by atoms with Gasteiger partial charge in [0.15, 0.2) is 0 Å². The lowest BCUT2D eigenvalue weighted by Crippen LogP contribution is -2.37. The fraction of sp³-hybridized carbons (Fsp3) is 0.444. The molecule has 0 saturated carbocycles. The lowest BCUT2D eigenvalue weighted by molar-refractivity contribution is 0.0633. The van der Waals surface area contributed by atoms with Gasteiger partial charge in [-0.1, -0.05) is 30.3 Å². The zero-order chi connectivity index (χ0) is 17.5. The van der Waals surface area contributed by atoms with Crippen LogP contribution in [0.25, 0.3) is 0 Å². The molecule has 1 amide bonds. The van der Waals surface area contributed by atoms with Crippen LogP contribution in [0.5, 0.6) is 0 Å². The summed E-state index contributed by atoms with van der Waals surface area (Å²) in [5, 5.41) is 16.7. The number of rotatable bonds is 6. The molecule has 1 aliphatic rings. The minimum absolute atomic E-state index is 0.126. The number of aromatic nitrogens is 2. The number of aliphatic hydroxyl groups is 1. The van der Waals surface area contributed by atoms with Crippen LogP contribution in [0.4, 0.5) is 0 Å². The number of nitrogens with zero attached hydrogens (tertiary/aromatic N) is 3. The Kier molecular flexibility index (Phi) is 6.16. The SMILES string of the molecule is O=C(c1ccn[nH]1)N1CCN(CCOCc2ccccc2)C[C@@H](O)C1. The summed E-state index contributed by atoms with van der Waals surface area (Å²) >= 11 is 0. The highest BCUT2D eigenvalue weighted by Crippen LogP contribution is 2.08. The molecule has 25 heavy (non-hydrogen) atoms. The summed E-state index contributed by atoms with van der Waals surface area (Å²) in [6.07, 6.45) is 0.987. The van der Waals surface area contributed by atoms with Crippen LogP contribution in [0.1, 0.15) is 16.1 Å². The fourth-order valence-electron chi connectivity index (χ4n) is 2.95. The molecular formula is C18H24N4O3. The quantitative estimate of drug-likeness (QED) is 0.756. The van der Waals surface area contributed by atoms with Crippen molar-refractivity contribution in [2.45, 2.75) is 12.7 Å². The van der Waals surface area contributed by atoms with Crippen molar-refractivity contribution in [3.63, 3.8) is 0 Å². The molecule has 1 aromatic carbocycles. The topological polar surface area (TPSA) is 81.7 Å². The molecule has 0 unspecified atom stereocenters. The molecule has 1 atom stereocenters. The molecule has 1 fully saturated rings. The number of ether oxygens (including phenoxy) is 1. The standard InChI is InChI=1S/C18H24N4O3/c23-16-12-21(10-11-25-14-15-4-2-1-3-5-15)8-9-22(13-16)18(24)17-6-7-19-20-17/h1-7,16,23H,8-14H2,(H,19,20)/t16-/m1/s1. The zero-order valence-electron chi connectivity index (χ0n) is 14.2. The normalized spacial score (nSPS) is 18.9. The lowest BCUT2D eigenvalue weighted by Gasteiger charge is -2.21. The van der Waals surface area contributed by atoms with Gasteiger partial charge in [-0.05, 0) is 11.6 Å². The van der Waals surface area contributed by atoms with Crippen LogP contribution < -0.4 is 0 Å². The maximum atomic E-state index is 12.4. The van der Waals surface area contributed by atoms with E-state index in [1.807, 2.05) is 30.3 Å². The third-order valence-corrected chi connectivity index (χ3v) is 4.27. The Labute approximate surface area is 147 Å². The molecule has 2 heterocycles. The second-order valence-corrected chi connectivity index (χ2v) is 6.21. The van der Waals surface area contributed by atoms with E-state index < -0.39 is 6.10 Å². The third-order valence-electron chi connectivity index (χ3n) is 4.27. The average Bonchev–Trinajstić information content (AvgIpc) is 3.10. The number of hydrogen-bond donors (Lipinski definition) is 2. The Morgan fingerprint density at radius 1 is 1.24 bits per heavy atom. The molecule has 0 spiro atoms. The Bertz CT molecular complexity index is 648. The molecule has 0 aliphatic carbocycles. The molecule has 2 N–H and O–H groups in total. The molecule has 134 valence electrons. The smallest absolute Gasteiger partial charge is 0.271 e. The van der Waals surface area contributed by atoms with Crippen molar-refractivity contribution in [3.8, 4) is 0 Å². The van der Waals surface area contributed by atoms with E-state index in [0.717, 1.165) is 12.1 Å². The van der Waals surface area contributed by atoms with Crippen LogP contribution in [0, 0.1) is 0 Å². The van der Waals surface area contributed by atoms with Gasteiger partial charge in [0.2, 0.25) is 0 Å².